The van der Waals surface area contributed by atoms with Gasteiger partial charge in [-0.1, -0.05) is 25.1 Å². The van der Waals surface area contributed by atoms with Crippen molar-refractivity contribution in [3.8, 4) is 11.5 Å². The smallest absolute Gasteiger partial charge is 0.122 e. The summed E-state index contributed by atoms with van der Waals surface area (Å²) in [5.41, 5.74) is 4.97. The van der Waals surface area contributed by atoms with Gasteiger partial charge in [0.1, 0.15) is 17.5 Å². The van der Waals surface area contributed by atoms with Gasteiger partial charge in [-0.05, 0) is 41.7 Å². The van der Waals surface area contributed by atoms with E-state index in [1.165, 1.54) is 28.6 Å². The van der Waals surface area contributed by atoms with E-state index in [4.69, 9.17) is 14.5 Å². The minimum absolute atomic E-state index is 0.0696. The third-order valence-electron chi connectivity index (χ3n) is 5.98. The maximum absolute atomic E-state index is 5.46. The van der Waals surface area contributed by atoms with Gasteiger partial charge in [0.15, 0.2) is 0 Å². The van der Waals surface area contributed by atoms with Crippen molar-refractivity contribution in [2.45, 2.75) is 24.8 Å². The number of nitrogens with one attached hydrogen (secondary N) is 1. The Balaban J connectivity index is 1.73. The molecule has 2 aromatic carbocycles. The second-order valence-corrected chi connectivity index (χ2v) is 7.43. The molecule has 1 saturated carbocycles. The molecule has 2 aliphatic rings. The Morgan fingerprint density at radius 3 is 2.42 bits per heavy atom. The van der Waals surface area contributed by atoms with Crippen LogP contribution in [0.2, 0.25) is 0 Å². The molecule has 0 radical (unpaired) electrons. The summed E-state index contributed by atoms with van der Waals surface area (Å²) in [7, 11) is 3.36. The van der Waals surface area contributed by atoms with E-state index in [0.29, 0.717) is 5.92 Å². The molecule has 0 amide bonds. The van der Waals surface area contributed by atoms with Gasteiger partial charge in [0.05, 0.1) is 14.2 Å². The first kappa shape index (κ1) is 15.5. The first-order valence-electron chi connectivity index (χ1n) is 9.04. The number of methoxy groups -OCH3 is 2. The van der Waals surface area contributed by atoms with Crippen molar-refractivity contribution in [2.24, 2.45) is 10.9 Å². The van der Waals surface area contributed by atoms with Crippen molar-refractivity contribution in [3.05, 3.63) is 59.3 Å². The predicted octanol–water partition coefficient (Wildman–Crippen LogP) is 4.64. The maximum atomic E-state index is 5.46. The van der Waals surface area contributed by atoms with Gasteiger partial charge in [0, 0.05) is 34.3 Å². The van der Waals surface area contributed by atoms with E-state index >= 15 is 0 Å². The molecule has 4 heteroatoms. The van der Waals surface area contributed by atoms with Crippen molar-refractivity contribution >= 4 is 17.1 Å². The molecular formula is C22H22N2O2. The van der Waals surface area contributed by atoms with E-state index in [0.717, 1.165) is 17.1 Å². The first-order valence-corrected chi connectivity index (χ1v) is 9.04. The van der Waals surface area contributed by atoms with E-state index < -0.39 is 0 Å². The molecule has 1 N–H and O–H groups in total. The number of hydrogen-bond acceptors (Lipinski definition) is 3. The number of fused-ring (bicyclic) bond motifs is 4. The van der Waals surface area contributed by atoms with E-state index in [9.17, 15) is 0 Å². The van der Waals surface area contributed by atoms with Gasteiger partial charge in [-0.15, -0.1) is 0 Å². The number of benzene rings is 2. The molecule has 1 fully saturated rings. The highest BCUT2D eigenvalue weighted by Gasteiger charge is 2.55. The Labute approximate surface area is 152 Å². The van der Waals surface area contributed by atoms with Crippen LogP contribution < -0.4 is 9.47 Å². The fourth-order valence-corrected chi connectivity index (χ4v) is 4.43. The number of para-hydroxylation sites is 1. The maximum Gasteiger partial charge on any atom is 0.122 e. The molecule has 1 aliphatic carbocycles. The molecular weight excluding hydrogens is 324 g/mol. The Hall–Kier alpha value is -2.75. The summed E-state index contributed by atoms with van der Waals surface area (Å²) in [5.74, 6) is 2.20. The lowest BCUT2D eigenvalue weighted by Gasteiger charge is -2.25. The highest BCUT2D eigenvalue weighted by Crippen LogP contribution is 2.59. The topological polar surface area (TPSA) is 46.6 Å². The summed E-state index contributed by atoms with van der Waals surface area (Å²) in [6, 6.07) is 14.5. The number of ether oxygens (including phenoxy) is 2. The van der Waals surface area contributed by atoms with Gasteiger partial charge in [-0.3, -0.25) is 4.99 Å². The highest BCUT2D eigenvalue weighted by molar-refractivity contribution is 5.95. The fraction of sp³-hybridized carbons (Fsp3) is 0.318. The second-order valence-electron chi connectivity index (χ2n) is 7.43. The molecule has 1 aliphatic heterocycles. The monoisotopic (exact) mass is 346 g/mol. The average Bonchev–Trinajstić information content (AvgIpc) is 3.14. The van der Waals surface area contributed by atoms with Gasteiger partial charge in [-0.25, -0.2) is 0 Å². The molecule has 3 aromatic rings. The molecule has 5 rings (SSSR count). The van der Waals surface area contributed by atoms with Crippen LogP contribution in [0.5, 0.6) is 11.5 Å². The number of aromatic amines is 1. The predicted molar refractivity (Wildman–Crippen MR) is 104 cm³/mol. The number of H-pyrrole nitrogens is 1. The highest BCUT2D eigenvalue weighted by atomic mass is 16.5. The molecule has 3 atom stereocenters. The third-order valence-corrected chi connectivity index (χ3v) is 5.98. The zero-order valence-electron chi connectivity index (χ0n) is 15.2. The normalized spacial score (nSPS) is 26.1. The van der Waals surface area contributed by atoms with Crippen LogP contribution in [0.4, 0.5) is 0 Å². The lowest BCUT2D eigenvalue weighted by Crippen LogP contribution is -2.20. The van der Waals surface area contributed by atoms with Crippen LogP contribution in [0.3, 0.4) is 0 Å². The molecule has 1 spiro atoms. The Bertz CT molecular complexity index is 1010. The van der Waals surface area contributed by atoms with E-state index in [-0.39, 0.29) is 11.5 Å². The largest absolute Gasteiger partial charge is 0.497 e. The van der Waals surface area contributed by atoms with Crippen LogP contribution in [-0.2, 0) is 5.41 Å². The van der Waals surface area contributed by atoms with Gasteiger partial charge < -0.3 is 14.5 Å². The zero-order valence-corrected chi connectivity index (χ0v) is 15.2. The molecule has 4 nitrogen and oxygen atoms in total. The molecule has 2 heterocycles. The first-order chi connectivity index (χ1) is 12.7. The summed E-state index contributed by atoms with van der Waals surface area (Å²) >= 11 is 0. The summed E-state index contributed by atoms with van der Waals surface area (Å²) < 4.78 is 10.9. The van der Waals surface area contributed by atoms with Crippen LogP contribution in [0, 0.1) is 5.92 Å². The molecule has 0 bridgehead atoms. The van der Waals surface area contributed by atoms with Crippen LogP contribution in [0.1, 0.15) is 36.2 Å². The quantitative estimate of drug-likeness (QED) is 0.751. The van der Waals surface area contributed by atoms with Crippen molar-refractivity contribution in [1.29, 1.82) is 0 Å². The number of aliphatic imine (C=N–C) groups is 1. The van der Waals surface area contributed by atoms with Crippen LogP contribution >= 0.6 is 0 Å². The third kappa shape index (κ3) is 2.05. The van der Waals surface area contributed by atoms with Crippen LogP contribution in [-0.4, -0.2) is 25.4 Å². The number of aromatic nitrogens is 1. The fourth-order valence-electron chi connectivity index (χ4n) is 4.43. The zero-order chi connectivity index (χ0) is 17.9. The Morgan fingerprint density at radius 1 is 1.08 bits per heavy atom. The SMILES string of the molecule is COc1cc(OC)cc(C2N=CC3(CC3C)c3c2[nH]c2ccccc32)c1. The van der Waals surface area contributed by atoms with Gasteiger partial charge >= 0.3 is 0 Å². The standard InChI is InChI=1S/C22H22N2O2/c1-13-11-22(13)12-23-20(14-8-15(25-2)10-16(9-14)26-3)21-19(22)17-6-4-5-7-18(17)24-21/h4-10,12-13,20,24H,11H2,1-3H3. The van der Waals surface area contributed by atoms with Gasteiger partial charge in [0.2, 0.25) is 0 Å². The van der Waals surface area contributed by atoms with Crippen LogP contribution in [0.15, 0.2) is 47.5 Å². The van der Waals surface area contributed by atoms with E-state index in [2.05, 4.69) is 42.4 Å². The van der Waals surface area contributed by atoms with Crippen LogP contribution in [0.25, 0.3) is 10.9 Å². The summed E-state index contributed by atoms with van der Waals surface area (Å²) in [6.07, 6.45) is 3.36. The molecule has 132 valence electrons. The summed E-state index contributed by atoms with van der Waals surface area (Å²) in [6.45, 7) is 2.31. The number of rotatable bonds is 3. The molecule has 3 unspecified atom stereocenters. The lowest BCUT2D eigenvalue weighted by atomic mass is 9.85. The molecule has 26 heavy (non-hydrogen) atoms. The van der Waals surface area contributed by atoms with Crippen molar-refractivity contribution < 1.29 is 9.47 Å². The molecule has 0 saturated heterocycles. The van der Waals surface area contributed by atoms with Crippen molar-refractivity contribution in [1.82, 2.24) is 4.98 Å². The summed E-state index contributed by atoms with van der Waals surface area (Å²) in [5, 5.41) is 1.32. The van der Waals surface area contributed by atoms with Crippen molar-refractivity contribution in [3.63, 3.8) is 0 Å². The minimum Gasteiger partial charge on any atom is -0.497 e. The Kier molecular flexibility index (Phi) is 3.20. The van der Waals surface area contributed by atoms with Crippen molar-refractivity contribution in [2.75, 3.05) is 14.2 Å². The summed E-state index contributed by atoms with van der Waals surface area (Å²) in [4.78, 5) is 8.65. The Morgan fingerprint density at radius 2 is 1.77 bits per heavy atom. The van der Waals surface area contributed by atoms with E-state index in [1.54, 1.807) is 14.2 Å². The van der Waals surface area contributed by atoms with E-state index in [1.807, 2.05) is 18.2 Å². The number of nitrogens with zero attached hydrogens (tertiary/aromatic N) is 1. The average molecular weight is 346 g/mol. The minimum atomic E-state index is -0.0696. The van der Waals surface area contributed by atoms with Gasteiger partial charge in [-0.2, -0.15) is 0 Å². The second kappa shape index (κ2) is 5.37. The van der Waals surface area contributed by atoms with Gasteiger partial charge in [0.25, 0.3) is 0 Å². The lowest BCUT2D eigenvalue weighted by molar-refractivity contribution is 0.393. The molecule has 1 aromatic heterocycles. The number of hydrogen-bond donors (Lipinski definition) is 1.